The molecule has 1 aromatic heterocycles. The van der Waals surface area contributed by atoms with Crippen molar-refractivity contribution < 1.29 is 9.59 Å². The van der Waals surface area contributed by atoms with Gasteiger partial charge in [-0.3, -0.25) is 9.59 Å². The van der Waals surface area contributed by atoms with Crippen LogP contribution >= 0.6 is 0 Å². The number of rotatable bonds is 6. The summed E-state index contributed by atoms with van der Waals surface area (Å²) in [6, 6.07) is 11.8. The van der Waals surface area contributed by atoms with Gasteiger partial charge in [0.05, 0.1) is 23.3 Å². The first kappa shape index (κ1) is 23.1. The Hall–Kier alpha value is -2.63. The third-order valence-corrected chi connectivity index (χ3v) is 8.24. The van der Waals surface area contributed by atoms with Crippen LogP contribution in [0.5, 0.6) is 0 Å². The monoisotopic (exact) mass is 462 g/mol. The Kier molecular flexibility index (Phi) is 5.81. The van der Waals surface area contributed by atoms with E-state index in [1.54, 1.807) is 9.58 Å². The summed E-state index contributed by atoms with van der Waals surface area (Å²) < 4.78 is 1.79. The second-order valence-electron chi connectivity index (χ2n) is 12.0. The second-order valence-corrected chi connectivity index (χ2v) is 12.0. The minimum absolute atomic E-state index is 0.0852. The number of amides is 2. The number of anilines is 1. The van der Waals surface area contributed by atoms with Gasteiger partial charge in [-0.05, 0) is 75.3 Å². The van der Waals surface area contributed by atoms with Crippen molar-refractivity contribution in [2.45, 2.75) is 71.6 Å². The number of hydrogen-bond acceptors (Lipinski definition) is 3. The molecule has 0 radical (unpaired) electrons. The van der Waals surface area contributed by atoms with Gasteiger partial charge in [0, 0.05) is 18.0 Å². The van der Waals surface area contributed by atoms with Crippen LogP contribution in [0.25, 0.3) is 5.69 Å². The van der Waals surface area contributed by atoms with Crippen LogP contribution in [0, 0.1) is 23.2 Å². The number of benzene rings is 1. The largest absolute Gasteiger partial charge is 0.333 e. The smallest absolute Gasteiger partial charge is 0.245 e. The van der Waals surface area contributed by atoms with Crippen LogP contribution in [-0.2, 0) is 15.0 Å². The molecule has 6 heteroatoms. The summed E-state index contributed by atoms with van der Waals surface area (Å²) in [5.74, 6) is 2.80. The Morgan fingerprint density at radius 3 is 2.18 bits per heavy atom. The van der Waals surface area contributed by atoms with Crippen molar-refractivity contribution in [3.63, 3.8) is 0 Å². The molecule has 1 N–H and O–H groups in total. The number of nitrogens with one attached hydrogen (secondary N) is 1. The minimum atomic E-state index is -0.226. The Balaban J connectivity index is 1.33. The molecule has 4 fully saturated rings. The molecule has 6 rings (SSSR count). The van der Waals surface area contributed by atoms with Gasteiger partial charge in [-0.25, -0.2) is 4.68 Å². The average molecular weight is 463 g/mol. The lowest BCUT2D eigenvalue weighted by molar-refractivity contribution is -0.158. The first-order chi connectivity index (χ1) is 16.2. The van der Waals surface area contributed by atoms with Gasteiger partial charge in [0.2, 0.25) is 11.8 Å². The predicted molar refractivity (Wildman–Crippen MR) is 134 cm³/mol. The lowest BCUT2D eigenvalue weighted by Crippen LogP contribution is -2.55. The summed E-state index contributed by atoms with van der Waals surface area (Å²) in [7, 11) is 0. The Labute approximate surface area is 203 Å². The van der Waals surface area contributed by atoms with Gasteiger partial charge in [-0.2, -0.15) is 5.10 Å². The maximum absolute atomic E-state index is 13.8. The fourth-order valence-electron chi connectivity index (χ4n) is 6.99. The van der Waals surface area contributed by atoms with Crippen LogP contribution < -0.4 is 5.32 Å². The lowest BCUT2D eigenvalue weighted by Gasteiger charge is -2.56. The summed E-state index contributed by atoms with van der Waals surface area (Å²) in [6.07, 6.45) is 6.97. The van der Waals surface area contributed by atoms with E-state index in [-0.39, 0.29) is 29.2 Å². The number of likely N-dealkylation sites (N-methyl/N-ethyl adjacent to an activating group) is 1. The molecule has 2 aromatic rings. The van der Waals surface area contributed by atoms with E-state index in [2.05, 4.69) is 26.1 Å². The zero-order chi connectivity index (χ0) is 24.1. The maximum atomic E-state index is 13.8. The van der Waals surface area contributed by atoms with Gasteiger partial charge in [-0.1, -0.05) is 39.0 Å². The molecule has 2 amide bonds. The van der Waals surface area contributed by atoms with E-state index >= 15 is 0 Å². The number of aromatic nitrogens is 2. The summed E-state index contributed by atoms with van der Waals surface area (Å²) in [4.78, 5) is 28.8. The molecule has 0 saturated heterocycles. The molecule has 6 nitrogen and oxygen atoms in total. The molecule has 0 atom stereocenters. The highest BCUT2D eigenvalue weighted by Gasteiger charge is 2.55. The zero-order valence-electron chi connectivity index (χ0n) is 21.0. The van der Waals surface area contributed by atoms with Crippen molar-refractivity contribution >= 4 is 17.6 Å². The quantitative estimate of drug-likeness (QED) is 0.644. The van der Waals surface area contributed by atoms with Gasteiger partial charge >= 0.3 is 0 Å². The normalized spacial score (nSPS) is 27.6. The predicted octanol–water partition coefficient (Wildman–Crippen LogP) is 5.17. The molecule has 0 unspecified atom stereocenters. The summed E-state index contributed by atoms with van der Waals surface area (Å²) in [5.41, 5.74) is 1.42. The SMILES string of the molecule is CCN(CC(=O)Nc1cc(C(C)(C)C)nn1-c1ccccc1)C(=O)C12CC3CC(CC(C3)C1)C2. The van der Waals surface area contributed by atoms with Crippen molar-refractivity contribution in [3.05, 3.63) is 42.1 Å². The highest BCUT2D eigenvalue weighted by Crippen LogP contribution is 2.60. The molecule has 4 aliphatic rings. The number of nitrogens with zero attached hydrogens (tertiary/aromatic N) is 3. The summed E-state index contributed by atoms with van der Waals surface area (Å²) in [5, 5.41) is 7.85. The minimum Gasteiger partial charge on any atom is -0.333 e. The highest BCUT2D eigenvalue weighted by atomic mass is 16.2. The maximum Gasteiger partial charge on any atom is 0.245 e. The van der Waals surface area contributed by atoms with Gasteiger partial charge in [0.25, 0.3) is 0 Å². The topological polar surface area (TPSA) is 67.2 Å². The van der Waals surface area contributed by atoms with Gasteiger partial charge < -0.3 is 10.2 Å². The van der Waals surface area contributed by atoms with Gasteiger partial charge in [0.1, 0.15) is 5.82 Å². The summed E-state index contributed by atoms with van der Waals surface area (Å²) >= 11 is 0. The molecule has 0 spiro atoms. The highest BCUT2D eigenvalue weighted by molar-refractivity contribution is 5.95. The third kappa shape index (κ3) is 4.27. The molecule has 4 bridgehead atoms. The number of para-hydroxylation sites is 1. The van der Waals surface area contributed by atoms with E-state index in [4.69, 9.17) is 5.10 Å². The van der Waals surface area contributed by atoms with E-state index in [0.717, 1.165) is 30.6 Å². The van der Waals surface area contributed by atoms with E-state index in [9.17, 15) is 9.59 Å². The zero-order valence-corrected chi connectivity index (χ0v) is 21.0. The Morgan fingerprint density at radius 1 is 1.06 bits per heavy atom. The molecule has 182 valence electrons. The molecule has 1 aromatic carbocycles. The molecular formula is C28H38N4O2. The standard InChI is InChI=1S/C28H38N4O2/c1-5-31(26(34)28-15-19-11-20(16-28)13-21(12-19)17-28)18-25(33)29-24-14-23(27(2,3)4)30-32(24)22-9-7-6-8-10-22/h6-10,14,19-21H,5,11-13,15-18H2,1-4H3,(H,29,33). The van der Waals surface area contributed by atoms with E-state index in [1.807, 2.05) is 43.3 Å². The van der Waals surface area contributed by atoms with Crippen molar-refractivity contribution in [2.75, 3.05) is 18.4 Å². The van der Waals surface area contributed by atoms with Crippen LogP contribution in [0.1, 0.15) is 71.9 Å². The Morgan fingerprint density at radius 2 is 1.65 bits per heavy atom. The first-order valence-electron chi connectivity index (χ1n) is 12.9. The van der Waals surface area contributed by atoms with Crippen LogP contribution in [0.4, 0.5) is 5.82 Å². The fourth-order valence-corrected chi connectivity index (χ4v) is 6.99. The van der Waals surface area contributed by atoms with Gasteiger partial charge in [-0.15, -0.1) is 0 Å². The third-order valence-electron chi connectivity index (χ3n) is 8.24. The molecule has 34 heavy (non-hydrogen) atoms. The Bertz CT molecular complexity index is 1030. The van der Waals surface area contributed by atoms with Crippen molar-refractivity contribution in [1.29, 1.82) is 0 Å². The van der Waals surface area contributed by atoms with E-state index in [0.29, 0.717) is 30.1 Å². The molecule has 0 aliphatic heterocycles. The number of carbonyl (C=O) groups is 2. The molecule has 4 aliphatic carbocycles. The first-order valence-corrected chi connectivity index (χ1v) is 12.9. The lowest BCUT2D eigenvalue weighted by atomic mass is 9.49. The van der Waals surface area contributed by atoms with Crippen LogP contribution in [-0.4, -0.2) is 39.6 Å². The van der Waals surface area contributed by atoms with Crippen molar-refractivity contribution in [2.24, 2.45) is 23.2 Å². The van der Waals surface area contributed by atoms with Crippen molar-refractivity contribution in [1.82, 2.24) is 14.7 Å². The molecule has 1 heterocycles. The van der Waals surface area contributed by atoms with E-state index in [1.165, 1.54) is 19.3 Å². The van der Waals surface area contributed by atoms with E-state index < -0.39 is 0 Å². The second kappa shape index (κ2) is 8.54. The van der Waals surface area contributed by atoms with Crippen LogP contribution in [0.3, 0.4) is 0 Å². The van der Waals surface area contributed by atoms with Crippen molar-refractivity contribution in [3.8, 4) is 5.69 Å². The fraction of sp³-hybridized carbons (Fsp3) is 0.607. The van der Waals surface area contributed by atoms with Gasteiger partial charge in [0.15, 0.2) is 0 Å². The van der Waals surface area contributed by atoms with Crippen LogP contribution in [0.2, 0.25) is 0 Å². The average Bonchev–Trinajstić information content (AvgIpc) is 3.21. The number of carbonyl (C=O) groups excluding carboxylic acids is 2. The molecule has 4 saturated carbocycles. The summed E-state index contributed by atoms with van der Waals surface area (Å²) in [6.45, 7) is 8.95. The number of hydrogen-bond donors (Lipinski definition) is 1. The van der Waals surface area contributed by atoms with Crippen LogP contribution in [0.15, 0.2) is 36.4 Å². The molecular weight excluding hydrogens is 424 g/mol.